The molecule has 0 unspecified atom stereocenters. The number of rotatable bonds is 3. The third-order valence-electron chi connectivity index (χ3n) is 2.91. The molecule has 0 radical (unpaired) electrons. The molecule has 0 fully saturated rings. The van der Waals surface area contributed by atoms with Crippen molar-refractivity contribution in [2.24, 2.45) is 0 Å². The second-order valence-electron chi connectivity index (χ2n) is 4.44. The zero-order valence-corrected chi connectivity index (χ0v) is 12.4. The van der Waals surface area contributed by atoms with Gasteiger partial charge in [0.15, 0.2) is 5.78 Å². The van der Waals surface area contributed by atoms with Gasteiger partial charge in [0.05, 0.1) is 0 Å². The monoisotopic (exact) mass is 318 g/mol. The Kier molecular flexibility index (Phi) is 3.90. The number of nitrogens with one attached hydrogen (secondary N) is 1. The van der Waals surface area contributed by atoms with Crippen molar-refractivity contribution < 1.29 is 4.79 Å². The van der Waals surface area contributed by atoms with Crippen molar-refractivity contribution in [2.75, 3.05) is 11.1 Å². The number of nitrogens with two attached hydrogens (primary N) is 1. The number of carbonyl (C=O) groups excluding carboxylic acids is 1. The lowest BCUT2D eigenvalue weighted by Gasteiger charge is -2.11. The first-order valence-electron chi connectivity index (χ1n) is 5.91. The molecule has 0 aliphatic carbocycles. The highest BCUT2D eigenvalue weighted by Crippen LogP contribution is 2.26. The number of benzene rings is 2. The van der Waals surface area contributed by atoms with E-state index in [1.807, 2.05) is 31.2 Å². The fraction of sp³-hybridized carbons (Fsp3) is 0.133. The lowest BCUT2D eigenvalue weighted by atomic mass is 10.1. The second kappa shape index (κ2) is 5.45. The number of nitrogen functional groups attached to an aromatic ring is 1. The van der Waals surface area contributed by atoms with Crippen molar-refractivity contribution in [3.05, 3.63) is 52.0 Å². The highest BCUT2D eigenvalue weighted by Gasteiger charge is 2.06. The number of hydrogen-bond donors (Lipinski definition) is 2. The Bertz CT molecular complexity index is 638. The molecule has 0 saturated carbocycles. The fourth-order valence-corrected chi connectivity index (χ4v) is 2.21. The molecule has 0 aliphatic heterocycles. The normalized spacial score (nSPS) is 10.3. The van der Waals surface area contributed by atoms with E-state index >= 15 is 0 Å². The number of aryl methyl sites for hydroxylation is 1. The minimum absolute atomic E-state index is 0.0253. The van der Waals surface area contributed by atoms with Gasteiger partial charge in [0.1, 0.15) is 0 Å². The van der Waals surface area contributed by atoms with E-state index in [0.717, 1.165) is 21.4 Å². The summed E-state index contributed by atoms with van der Waals surface area (Å²) in [5.74, 6) is -0.0253. The van der Waals surface area contributed by atoms with Gasteiger partial charge in [0.2, 0.25) is 0 Å². The minimum Gasteiger partial charge on any atom is -0.398 e. The molecular formula is C15H15BrN2O. The molecule has 2 aromatic carbocycles. The van der Waals surface area contributed by atoms with Crippen molar-refractivity contribution >= 4 is 38.8 Å². The molecule has 0 atom stereocenters. The molecule has 0 aromatic heterocycles. The average Bonchev–Trinajstić information content (AvgIpc) is 2.33. The molecule has 2 rings (SSSR count). The van der Waals surface area contributed by atoms with Crippen LogP contribution in [0, 0.1) is 6.92 Å². The van der Waals surface area contributed by atoms with E-state index in [9.17, 15) is 4.79 Å². The van der Waals surface area contributed by atoms with Crippen LogP contribution in [0.25, 0.3) is 0 Å². The molecule has 0 aliphatic rings. The SMILES string of the molecule is CC(=O)c1ccc(Nc2cc(Br)ccc2C)cc1N. The molecule has 2 aromatic rings. The quantitative estimate of drug-likeness (QED) is 0.655. The van der Waals surface area contributed by atoms with Crippen molar-refractivity contribution in [3.63, 3.8) is 0 Å². The first kappa shape index (κ1) is 13.6. The molecule has 98 valence electrons. The summed E-state index contributed by atoms with van der Waals surface area (Å²) in [7, 11) is 0. The van der Waals surface area contributed by atoms with Crippen LogP contribution in [0.2, 0.25) is 0 Å². The smallest absolute Gasteiger partial charge is 0.161 e. The first-order valence-corrected chi connectivity index (χ1v) is 6.70. The summed E-state index contributed by atoms with van der Waals surface area (Å²) in [5.41, 5.74) is 9.92. The van der Waals surface area contributed by atoms with E-state index in [2.05, 4.69) is 21.2 Å². The van der Waals surface area contributed by atoms with Gasteiger partial charge in [-0.1, -0.05) is 22.0 Å². The number of ketones is 1. The second-order valence-corrected chi connectivity index (χ2v) is 5.36. The Morgan fingerprint density at radius 3 is 2.58 bits per heavy atom. The molecule has 0 saturated heterocycles. The lowest BCUT2D eigenvalue weighted by molar-refractivity contribution is 0.101. The van der Waals surface area contributed by atoms with E-state index in [1.54, 1.807) is 12.1 Å². The predicted octanol–water partition coefficient (Wildman–Crippen LogP) is 4.29. The van der Waals surface area contributed by atoms with Gasteiger partial charge in [0.25, 0.3) is 0 Å². The molecule has 0 bridgehead atoms. The van der Waals surface area contributed by atoms with E-state index < -0.39 is 0 Å². The molecule has 19 heavy (non-hydrogen) atoms. The van der Waals surface area contributed by atoms with Crippen molar-refractivity contribution in [1.82, 2.24) is 0 Å². The zero-order valence-electron chi connectivity index (χ0n) is 10.8. The lowest BCUT2D eigenvalue weighted by Crippen LogP contribution is -2.01. The van der Waals surface area contributed by atoms with Crippen LogP contribution < -0.4 is 11.1 Å². The average molecular weight is 319 g/mol. The first-order chi connectivity index (χ1) is 8.97. The van der Waals surface area contributed by atoms with Crippen LogP contribution in [0.4, 0.5) is 17.1 Å². The summed E-state index contributed by atoms with van der Waals surface area (Å²) >= 11 is 3.45. The van der Waals surface area contributed by atoms with E-state index in [4.69, 9.17) is 5.73 Å². The number of anilines is 3. The molecule has 0 amide bonds. The Balaban J connectivity index is 2.31. The Hall–Kier alpha value is -1.81. The number of halogens is 1. The number of carbonyl (C=O) groups is 1. The van der Waals surface area contributed by atoms with Crippen LogP contribution in [0.1, 0.15) is 22.8 Å². The summed E-state index contributed by atoms with van der Waals surface area (Å²) < 4.78 is 1.01. The highest BCUT2D eigenvalue weighted by molar-refractivity contribution is 9.10. The summed E-state index contributed by atoms with van der Waals surface area (Å²) in [5, 5.41) is 3.30. The minimum atomic E-state index is -0.0253. The van der Waals surface area contributed by atoms with Crippen molar-refractivity contribution in [3.8, 4) is 0 Å². The van der Waals surface area contributed by atoms with Gasteiger partial charge in [-0.2, -0.15) is 0 Å². The third-order valence-corrected chi connectivity index (χ3v) is 3.40. The Morgan fingerprint density at radius 1 is 1.21 bits per heavy atom. The molecular weight excluding hydrogens is 304 g/mol. The van der Waals surface area contributed by atoms with Gasteiger partial charge in [-0.05, 0) is 49.7 Å². The van der Waals surface area contributed by atoms with Crippen LogP contribution >= 0.6 is 15.9 Å². The van der Waals surface area contributed by atoms with Crippen molar-refractivity contribution in [2.45, 2.75) is 13.8 Å². The number of hydrogen-bond acceptors (Lipinski definition) is 3. The van der Waals surface area contributed by atoms with E-state index in [0.29, 0.717) is 11.3 Å². The van der Waals surface area contributed by atoms with Gasteiger partial charge in [-0.15, -0.1) is 0 Å². The third kappa shape index (κ3) is 3.15. The summed E-state index contributed by atoms with van der Waals surface area (Å²) in [6.07, 6.45) is 0. The van der Waals surface area contributed by atoms with Crippen LogP contribution in [-0.4, -0.2) is 5.78 Å². The predicted molar refractivity (Wildman–Crippen MR) is 83.0 cm³/mol. The van der Waals surface area contributed by atoms with Gasteiger partial charge in [-0.3, -0.25) is 4.79 Å². The summed E-state index contributed by atoms with van der Waals surface area (Å²) in [6, 6.07) is 11.4. The Morgan fingerprint density at radius 2 is 1.95 bits per heavy atom. The highest BCUT2D eigenvalue weighted by atomic mass is 79.9. The van der Waals surface area contributed by atoms with Gasteiger partial charge < -0.3 is 11.1 Å². The molecule has 3 N–H and O–H groups in total. The van der Waals surface area contributed by atoms with Crippen molar-refractivity contribution in [1.29, 1.82) is 0 Å². The van der Waals surface area contributed by atoms with Crippen LogP contribution in [0.15, 0.2) is 40.9 Å². The van der Waals surface area contributed by atoms with Gasteiger partial charge in [-0.25, -0.2) is 0 Å². The van der Waals surface area contributed by atoms with E-state index in [-0.39, 0.29) is 5.78 Å². The molecule has 0 spiro atoms. The topological polar surface area (TPSA) is 55.1 Å². The summed E-state index contributed by atoms with van der Waals surface area (Å²) in [4.78, 5) is 11.3. The molecule has 3 nitrogen and oxygen atoms in total. The van der Waals surface area contributed by atoms with Crippen LogP contribution in [-0.2, 0) is 0 Å². The van der Waals surface area contributed by atoms with Gasteiger partial charge >= 0.3 is 0 Å². The van der Waals surface area contributed by atoms with Crippen LogP contribution in [0.3, 0.4) is 0 Å². The maximum absolute atomic E-state index is 11.3. The van der Waals surface area contributed by atoms with Crippen LogP contribution in [0.5, 0.6) is 0 Å². The van der Waals surface area contributed by atoms with E-state index in [1.165, 1.54) is 6.92 Å². The largest absolute Gasteiger partial charge is 0.398 e. The Labute approximate surface area is 121 Å². The number of Topliss-reactive ketones (excluding diaryl/α,β-unsaturated/α-hetero) is 1. The zero-order chi connectivity index (χ0) is 14.0. The maximum Gasteiger partial charge on any atom is 0.161 e. The maximum atomic E-state index is 11.3. The standard InChI is InChI=1S/C15H15BrN2O/c1-9-3-4-11(16)7-15(9)18-12-5-6-13(10(2)19)14(17)8-12/h3-8,18H,17H2,1-2H3. The summed E-state index contributed by atoms with van der Waals surface area (Å²) in [6.45, 7) is 3.54. The fourth-order valence-electron chi connectivity index (χ4n) is 1.85. The van der Waals surface area contributed by atoms with Gasteiger partial charge in [0, 0.05) is 27.1 Å². The molecule has 0 heterocycles. The molecule has 4 heteroatoms.